The lowest BCUT2D eigenvalue weighted by Crippen LogP contribution is -2.42. The van der Waals surface area contributed by atoms with Crippen molar-refractivity contribution in [2.75, 3.05) is 18.4 Å². The molecule has 6 nitrogen and oxygen atoms in total. The molecule has 2 N–H and O–H groups in total. The summed E-state index contributed by atoms with van der Waals surface area (Å²) in [6.07, 6.45) is 5.60. The van der Waals surface area contributed by atoms with Gasteiger partial charge in [-0.25, -0.2) is 0 Å². The van der Waals surface area contributed by atoms with E-state index >= 15 is 0 Å². The van der Waals surface area contributed by atoms with Gasteiger partial charge in [0.25, 0.3) is 5.56 Å². The molecule has 2 fully saturated rings. The quantitative estimate of drug-likeness (QED) is 0.855. The highest BCUT2D eigenvalue weighted by Gasteiger charge is 2.36. The number of amides is 1. The number of anilines is 1. The molecular formula is C15H22N4O2. The minimum absolute atomic E-state index is 0.0225. The smallest absolute Gasteiger partial charge is 0.250 e. The second-order valence-corrected chi connectivity index (χ2v) is 5.76. The molecule has 0 radical (unpaired) electrons. The lowest BCUT2D eigenvalue weighted by atomic mass is 10.1. The number of rotatable bonds is 3. The normalized spacial score (nSPS) is 25.6. The van der Waals surface area contributed by atoms with Crippen LogP contribution in [-0.4, -0.2) is 40.7 Å². The average molecular weight is 290 g/mol. The van der Waals surface area contributed by atoms with Crippen molar-refractivity contribution in [3.8, 4) is 0 Å². The fourth-order valence-corrected chi connectivity index (χ4v) is 3.16. The number of aryl methyl sites for hydroxylation is 1. The van der Waals surface area contributed by atoms with Crippen molar-refractivity contribution in [1.29, 1.82) is 0 Å². The first kappa shape index (κ1) is 14.3. The van der Waals surface area contributed by atoms with Crippen molar-refractivity contribution in [3.05, 3.63) is 28.7 Å². The molecule has 2 aliphatic rings. The van der Waals surface area contributed by atoms with Crippen molar-refractivity contribution in [2.45, 2.75) is 44.9 Å². The van der Waals surface area contributed by atoms with Crippen molar-refractivity contribution in [1.82, 2.24) is 14.8 Å². The van der Waals surface area contributed by atoms with Crippen LogP contribution in [-0.2, 0) is 11.3 Å². The molecule has 2 atom stereocenters. The number of carbonyl (C=O) groups excluding carboxylic acids is 1. The number of hydrogen-bond donors (Lipinski definition) is 2. The number of aromatic nitrogens is 1. The van der Waals surface area contributed by atoms with Gasteiger partial charge < -0.3 is 9.88 Å². The zero-order valence-electron chi connectivity index (χ0n) is 12.3. The van der Waals surface area contributed by atoms with Gasteiger partial charge in [-0.2, -0.15) is 0 Å². The van der Waals surface area contributed by atoms with Gasteiger partial charge in [-0.3, -0.25) is 19.8 Å². The summed E-state index contributed by atoms with van der Waals surface area (Å²) in [5, 5.41) is 6.31. The van der Waals surface area contributed by atoms with E-state index in [0.29, 0.717) is 18.4 Å². The van der Waals surface area contributed by atoms with E-state index in [1.807, 2.05) is 6.92 Å². The zero-order chi connectivity index (χ0) is 14.8. The molecule has 114 valence electrons. The monoisotopic (exact) mass is 290 g/mol. The topological polar surface area (TPSA) is 66.4 Å². The highest BCUT2D eigenvalue weighted by Crippen LogP contribution is 2.21. The van der Waals surface area contributed by atoms with Crippen molar-refractivity contribution in [3.63, 3.8) is 0 Å². The van der Waals surface area contributed by atoms with E-state index in [9.17, 15) is 9.59 Å². The van der Waals surface area contributed by atoms with E-state index in [0.717, 1.165) is 19.5 Å². The van der Waals surface area contributed by atoms with Crippen LogP contribution in [0.3, 0.4) is 0 Å². The number of nitrogens with zero attached hydrogens (tertiary/aromatic N) is 2. The Kier molecular flexibility index (Phi) is 4.07. The molecule has 0 saturated carbocycles. The molecule has 0 spiro atoms. The van der Waals surface area contributed by atoms with Crippen LogP contribution in [0.4, 0.5) is 5.69 Å². The third kappa shape index (κ3) is 3.01. The van der Waals surface area contributed by atoms with Crippen LogP contribution in [0.2, 0.25) is 0 Å². The van der Waals surface area contributed by atoms with Crippen molar-refractivity contribution < 1.29 is 4.79 Å². The van der Waals surface area contributed by atoms with Gasteiger partial charge in [0, 0.05) is 25.4 Å². The number of fused-ring (bicyclic) bond motifs is 1. The third-order valence-electron chi connectivity index (χ3n) is 4.33. The molecule has 2 unspecified atom stereocenters. The number of pyridine rings is 1. The summed E-state index contributed by atoms with van der Waals surface area (Å²) >= 11 is 0. The first-order valence-electron chi connectivity index (χ1n) is 7.69. The number of piperidine rings is 1. The summed E-state index contributed by atoms with van der Waals surface area (Å²) in [4.78, 5) is 26.2. The summed E-state index contributed by atoms with van der Waals surface area (Å²) in [5.41, 5.74) is 0.625. The molecule has 0 bridgehead atoms. The molecule has 1 amide bonds. The molecule has 0 aliphatic carbocycles. The van der Waals surface area contributed by atoms with E-state index in [-0.39, 0.29) is 17.5 Å². The molecular weight excluding hydrogens is 268 g/mol. The van der Waals surface area contributed by atoms with Gasteiger partial charge in [0.2, 0.25) is 5.91 Å². The summed E-state index contributed by atoms with van der Waals surface area (Å²) in [5.74, 6) is -0.0225. The largest absolute Gasteiger partial charge is 0.323 e. The minimum Gasteiger partial charge on any atom is -0.323 e. The van der Waals surface area contributed by atoms with Crippen LogP contribution in [0.5, 0.6) is 0 Å². The third-order valence-corrected chi connectivity index (χ3v) is 4.33. The molecule has 3 heterocycles. The van der Waals surface area contributed by atoms with Crippen molar-refractivity contribution >= 4 is 11.6 Å². The maximum Gasteiger partial charge on any atom is 0.250 e. The minimum atomic E-state index is -0.171. The Labute approximate surface area is 124 Å². The second kappa shape index (κ2) is 5.99. The Morgan fingerprint density at radius 3 is 3.05 bits per heavy atom. The highest BCUT2D eigenvalue weighted by atomic mass is 16.2. The van der Waals surface area contributed by atoms with Gasteiger partial charge in [-0.1, -0.05) is 0 Å². The van der Waals surface area contributed by atoms with Gasteiger partial charge in [0.15, 0.2) is 0 Å². The number of carbonyl (C=O) groups is 1. The Hall–Kier alpha value is -1.66. The lowest BCUT2D eigenvalue weighted by molar-refractivity contribution is -0.117. The van der Waals surface area contributed by atoms with E-state index in [4.69, 9.17) is 0 Å². The molecule has 2 aliphatic heterocycles. The van der Waals surface area contributed by atoms with Crippen LogP contribution in [0.25, 0.3) is 0 Å². The molecule has 1 aromatic heterocycles. The van der Waals surface area contributed by atoms with E-state index in [1.54, 1.807) is 16.8 Å². The standard InChI is InChI=1S/C15H22N4O2/c1-2-18-9-11(6-7-14(18)20)16-15(21)12-10-19-8-4-3-5-13(19)17-12/h6-7,9,12-13,17H,2-5,8,10H2,1H3,(H,16,21). The summed E-state index contributed by atoms with van der Waals surface area (Å²) in [6.45, 7) is 4.34. The van der Waals surface area contributed by atoms with E-state index in [1.165, 1.54) is 18.9 Å². The predicted molar refractivity (Wildman–Crippen MR) is 81.1 cm³/mol. The zero-order valence-corrected chi connectivity index (χ0v) is 12.3. The van der Waals surface area contributed by atoms with Gasteiger partial charge in [-0.15, -0.1) is 0 Å². The number of hydrogen-bond acceptors (Lipinski definition) is 4. The first-order chi connectivity index (χ1) is 10.2. The van der Waals surface area contributed by atoms with Gasteiger partial charge in [0.05, 0.1) is 11.9 Å². The van der Waals surface area contributed by atoms with Crippen LogP contribution < -0.4 is 16.2 Å². The maximum atomic E-state index is 12.4. The van der Waals surface area contributed by atoms with E-state index in [2.05, 4.69) is 15.5 Å². The molecule has 2 saturated heterocycles. The van der Waals surface area contributed by atoms with Gasteiger partial charge in [-0.05, 0) is 38.8 Å². The summed E-state index contributed by atoms with van der Waals surface area (Å²) in [7, 11) is 0. The van der Waals surface area contributed by atoms with Gasteiger partial charge in [0.1, 0.15) is 6.04 Å². The molecule has 1 aromatic rings. The Bertz CT molecular complexity index is 569. The van der Waals surface area contributed by atoms with Gasteiger partial charge >= 0.3 is 0 Å². The highest BCUT2D eigenvalue weighted by molar-refractivity contribution is 5.95. The maximum absolute atomic E-state index is 12.4. The summed E-state index contributed by atoms with van der Waals surface area (Å²) < 4.78 is 1.58. The second-order valence-electron chi connectivity index (χ2n) is 5.76. The fraction of sp³-hybridized carbons (Fsp3) is 0.600. The van der Waals surface area contributed by atoms with Crippen LogP contribution in [0, 0.1) is 0 Å². The first-order valence-corrected chi connectivity index (χ1v) is 7.69. The Morgan fingerprint density at radius 2 is 2.29 bits per heavy atom. The summed E-state index contributed by atoms with van der Waals surface area (Å²) in [6, 6.07) is 2.98. The molecule has 6 heteroatoms. The van der Waals surface area contributed by atoms with E-state index < -0.39 is 0 Å². The fourth-order valence-electron chi connectivity index (χ4n) is 3.16. The lowest BCUT2D eigenvalue weighted by Gasteiger charge is -2.28. The average Bonchev–Trinajstić information content (AvgIpc) is 2.93. The predicted octanol–water partition coefficient (Wildman–Crippen LogP) is 0.590. The molecule has 0 aromatic carbocycles. The molecule has 21 heavy (non-hydrogen) atoms. The SMILES string of the molecule is CCn1cc(NC(=O)C2CN3CCCCC3N2)ccc1=O. The Morgan fingerprint density at radius 1 is 1.43 bits per heavy atom. The Balaban J connectivity index is 1.65. The van der Waals surface area contributed by atoms with Crippen LogP contribution >= 0.6 is 0 Å². The van der Waals surface area contributed by atoms with Crippen LogP contribution in [0.15, 0.2) is 23.1 Å². The van der Waals surface area contributed by atoms with Crippen LogP contribution in [0.1, 0.15) is 26.2 Å². The van der Waals surface area contributed by atoms with Crippen molar-refractivity contribution in [2.24, 2.45) is 0 Å². The molecule has 3 rings (SSSR count). The number of nitrogens with one attached hydrogen (secondary N) is 2.